The Morgan fingerprint density at radius 1 is 1.45 bits per heavy atom. The molecule has 0 radical (unpaired) electrons. The molecule has 118 valence electrons. The second kappa shape index (κ2) is 7.05. The summed E-state index contributed by atoms with van der Waals surface area (Å²) < 4.78 is 1.96. The van der Waals surface area contributed by atoms with Crippen LogP contribution in [0.15, 0.2) is 23.3 Å². The molecule has 0 aliphatic carbocycles. The third kappa shape index (κ3) is 3.74. The van der Waals surface area contributed by atoms with Crippen LogP contribution in [0.5, 0.6) is 0 Å². The van der Waals surface area contributed by atoms with Crippen LogP contribution in [0.2, 0.25) is 0 Å². The standard InChI is InChI=1S/C16H22N4OS/c1-13-8-18-19(9-13)10-15-4-2-3-7-20(15)16(21)6-5-14-11-22-12-17-14/h8-9,11-12,15H,2-7,10H2,1H3/t15-/m1/s1. The summed E-state index contributed by atoms with van der Waals surface area (Å²) in [5.41, 5.74) is 4.01. The van der Waals surface area contributed by atoms with Gasteiger partial charge in [0.25, 0.3) is 0 Å². The van der Waals surface area contributed by atoms with Gasteiger partial charge in [0.05, 0.1) is 30.0 Å². The molecule has 3 rings (SSSR count). The first-order valence-electron chi connectivity index (χ1n) is 7.88. The number of piperidine rings is 1. The summed E-state index contributed by atoms with van der Waals surface area (Å²) in [6.45, 7) is 3.72. The van der Waals surface area contributed by atoms with Crippen molar-refractivity contribution >= 4 is 17.2 Å². The molecule has 2 aromatic heterocycles. The van der Waals surface area contributed by atoms with Crippen molar-refractivity contribution in [2.45, 2.75) is 51.6 Å². The van der Waals surface area contributed by atoms with Gasteiger partial charge in [-0.1, -0.05) is 0 Å². The number of hydrogen-bond donors (Lipinski definition) is 0. The highest BCUT2D eigenvalue weighted by molar-refractivity contribution is 7.07. The van der Waals surface area contributed by atoms with Gasteiger partial charge in [0.15, 0.2) is 0 Å². The molecule has 2 aromatic rings. The van der Waals surface area contributed by atoms with Crippen LogP contribution in [0, 0.1) is 6.92 Å². The van der Waals surface area contributed by atoms with E-state index < -0.39 is 0 Å². The lowest BCUT2D eigenvalue weighted by atomic mass is 10.0. The number of aryl methyl sites for hydroxylation is 2. The highest BCUT2D eigenvalue weighted by Gasteiger charge is 2.26. The topological polar surface area (TPSA) is 51.0 Å². The average Bonchev–Trinajstić information content (AvgIpc) is 3.17. The minimum atomic E-state index is 0.251. The van der Waals surface area contributed by atoms with Crippen molar-refractivity contribution in [3.8, 4) is 0 Å². The van der Waals surface area contributed by atoms with Gasteiger partial charge >= 0.3 is 0 Å². The third-order valence-electron chi connectivity index (χ3n) is 4.19. The van der Waals surface area contributed by atoms with E-state index in [4.69, 9.17) is 0 Å². The van der Waals surface area contributed by atoms with E-state index in [0.29, 0.717) is 6.42 Å². The van der Waals surface area contributed by atoms with Crippen LogP contribution in [-0.4, -0.2) is 38.2 Å². The van der Waals surface area contributed by atoms with E-state index in [1.54, 1.807) is 11.3 Å². The summed E-state index contributed by atoms with van der Waals surface area (Å²) in [6, 6.07) is 0.274. The van der Waals surface area contributed by atoms with Crippen molar-refractivity contribution in [1.29, 1.82) is 0 Å². The molecule has 0 spiro atoms. The predicted molar refractivity (Wildman–Crippen MR) is 86.8 cm³/mol. The SMILES string of the molecule is Cc1cnn(C[C@H]2CCCCN2C(=O)CCc2cscn2)c1. The molecule has 3 heterocycles. The summed E-state index contributed by atoms with van der Waals surface area (Å²) in [7, 11) is 0. The third-order valence-corrected chi connectivity index (χ3v) is 4.82. The van der Waals surface area contributed by atoms with Crippen LogP contribution >= 0.6 is 11.3 Å². The molecular formula is C16H22N4OS. The Morgan fingerprint density at radius 3 is 3.09 bits per heavy atom. The van der Waals surface area contributed by atoms with E-state index in [-0.39, 0.29) is 11.9 Å². The number of amides is 1. The first-order chi connectivity index (χ1) is 10.7. The number of likely N-dealkylation sites (tertiary alicyclic amines) is 1. The molecule has 1 amide bonds. The molecule has 22 heavy (non-hydrogen) atoms. The van der Waals surface area contributed by atoms with Crippen molar-refractivity contribution in [3.05, 3.63) is 34.5 Å². The Bertz CT molecular complexity index is 607. The van der Waals surface area contributed by atoms with E-state index in [9.17, 15) is 4.79 Å². The zero-order chi connectivity index (χ0) is 15.4. The molecule has 1 aliphatic heterocycles. The van der Waals surface area contributed by atoms with E-state index >= 15 is 0 Å². The molecule has 1 aliphatic rings. The molecule has 1 saturated heterocycles. The lowest BCUT2D eigenvalue weighted by Crippen LogP contribution is -2.46. The number of hydrogen-bond acceptors (Lipinski definition) is 4. The van der Waals surface area contributed by atoms with Gasteiger partial charge < -0.3 is 4.90 Å². The molecule has 0 unspecified atom stereocenters. The number of carbonyl (C=O) groups excluding carboxylic acids is 1. The van der Waals surface area contributed by atoms with Gasteiger partial charge in [-0.15, -0.1) is 11.3 Å². The zero-order valence-electron chi connectivity index (χ0n) is 12.9. The molecule has 0 aromatic carbocycles. The highest BCUT2D eigenvalue weighted by atomic mass is 32.1. The molecule has 0 saturated carbocycles. The van der Waals surface area contributed by atoms with Gasteiger partial charge in [0.1, 0.15) is 0 Å². The highest BCUT2D eigenvalue weighted by Crippen LogP contribution is 2.20. The van der Waals surface area contributed by atoms with E-state index in [0.717, 1.165) is 43.6 Å². The van der Waals surface area contributed by atoms with Gasteiger partial charge in [-0.25, -0.2) is 4.98 Å². The summed E-state index contributed by atoms with van der Waals surface area (Å²) in [4.78, 5) is 18.9. The smallest absolute Gasteiger partial charge is 0.223 e. The summed E-state index contributed by atoms with van der Waals surface area (Å²) in [6.07, 6.45) is 8.59. The van der Waals surface area contributed by atoms with Crippen molar-refractivity contribution < 1.29 is 4.79 Å². The van der Waals surface area contributed by atoms with E-state index in [2.05, 4.69) is 15.0 Å². The maximum Gasteiger partial charge on any atom is 0.223 e. The maximum absolute atomic E-state index is 12.6. The number of nitrogens with zero attached hydrogens (tertiary/aromatic N) is 4. The molecule has 6 heteroatoms. The van der Waals surface area contributed by atoms with Crippen molar-refractivity contribution in [3.63, 3.8) is 0 Å². The molecule has 1 fully saturated rings. The Balaban J connectivity index is 1.60. The van der Waals surface area contributed by atoms with Gasteiger partial charge in [-0.2, -0.15) is 5.10 Å². The van der Waals surface area contributed by atoms with Gasteiger partial charge in [-0.3, -0.25) is 9.48 Å². The van der Waals surface area contributed by atoms with E-state index in [1.807, 2.05) is 34.9 Å². The normalized spacial score (nSPS) is 18.6. The number of rotatable bonds is 5. The first kappa shape index (κ1) is 15.2. The van der Waals surface area contributed by atoms with Gasteiger partial charge in [-0.05, 0) is 38.2 Å². The second-order valence-corrected chi connectivity index (χ2v) is 6.67. The molecule has 0 N–H and O–H groups in total. The van der Waals surface area contributed by atoms with Crippen molar-refractivity contribution in [2.75, 3.05) is 6.54 Å². The molecule has 0 bridgehead atoms. The average molecular weight is 318 g/mol. The van der Waals surface area contributed by atoms with Crippen LogP contribution in [0.3, 0.4) is 0 Å². The number of aromatic nitrogens is 3. The largest absolute Gasteiger partial charge is 0.338 e. The van der Waals surface area contributed by atoms with Crippen LogP contribution in [0.4, 0.5) is 0 Å². The predicted octanol–water partition coefficient (Wildman–Crippen LogP) is 2.66. The van der Waals surface area contributed by atoms with Gasteiger partial charge in [0, 0.05) is 24.5 Å². The van der Waals surface area contributed by atoms with Crippen molar-refractivity contribution in [1.82, 2.24) is 19.7 Å². The Labute approximate surface area is 135 Å². The fourth-order valence-electron chi connectivity index (χ4n) is 3.04. The van der Waals surface area contributed by atoms with Crippen LogP contribution < -0.4 is 0 Å². The summed E-state index contributed by atoms with van der Waals surface area (Å²) in [5, 5.41) is 6.38. The minimum absolute atomic E-state index is 0.251. The summed E-state index contributed by atoms with van der Waals surface area (Å²) in [5.74, 6) is 0.251. The molecule has 1 atom stereocenters. The Hall–Kier alpha value is -1.69. The fraction of sp³-hybridized carbons (Fsp3) is 0.562. The molecular weight excluding hydrogens is 296 g/mol. The van der Waals surface area contributed by atoms with Gasteiger partial charge in [0.2, 0.25) is 5.91 Å². The minimum Gasteiger partial charge on any atom is -0.338 e. The van der Waals surface area contributed by atoms with Crippen molar-refractivity contribution in [2.24, 2.45) is 0 Å². The number of thiazole rings is 1. The lowest BCUT2D eigenvalue weighted by Gasteiger charge is -2.35. The second-order valence-electron chi connectivity index (χ2n) is 5.96. The first-order valence-corrected chi connectivity index (χ1v) is 8.82. The van der Waals surface area contributed by atoms with Crippen LogP contribution in [0.25, 0.3) is 0 Å². The fourth-order valence-corrected chi connectivity index (χ4v) is 3.63. The lowest BCUT2D eigenvalue weighted by molar-refractivity contribution is -0.135. The van der Waals surface area contributed by atoms with E-state index in [1.165, 1.54) is 6.42 Å². The monoisotopic (exact) mass is 318 g/mol. The van der Waals surface area contributed by atoms with Crippen LogP contribution in [-0.2, 0) is 17.8 Å². The number of carbonyl (C=O) groups is 1. The zero-order valence-corrected chi connectivity index (χ0v) is 13.8. The molecule has 5 nitrogen and oxygen atoms in total. The Morgan fingerprint density at radius 2 is 2.36 bits per heavy atom. The Kier molecular flexibility index (Phi) is 4.87. The maximum atomic E-state index is 12.6. The van der Waals surface area contributed by atoms with Crippen LogP contribution in [0.1, 0.15) is 36.9 Å². The summed E-state index contributed by atoms with van der Waals surface area (Å²) >= 11 is 1.58. The quantitative estimate of drug-likeness (QED) is 0.851.